The van der Waals surface area contributed by atoms with Gasteiger partial charge in [0.1, 0.15) is 5.82 Å². The fourth-order valence-corrected chi connectivity index (χ4v) is 3.10. The van der Waals surface area contributed by atoms with Gasteiger partial charge in [0, 0.05) is 19.0 Å². The molecule has 3 rings (SSSR count). The maximum Gasteiger partial charge on any atom is 0.346 e. The normalized spacial score (nSPS) is 17.1. The van der Waals surface area contributed by atoms with Crippen molar-refractivity contribution in [2.75, 3.05) is 13.1 Å². The Morgan fingerprint density at radius 1 is 1.28 bits per heavy atom. The van der Waals surface area contributed by atoms with E-state index in [1.165, 1.54) is 0 Å². The molecule has 1 aromatic heterocycles. The Balaban J connectivity index is 0.00000156. The van der Waals surface area contributed by atoms with Crippen LogP contribution >= 0.6 is 24.8 Å². The van der Waals surface area contributed by atoms with Gasteiger partial charge < -0.3 is 5.32 Å². The molecule has 25 heavy (non-hydrogen) atoms. The first-order valence-electron chi connectivity index (χ1n) is 8.39. The molecule has 0 aliphatic carbocycles. The van der Waals surface area contributed by atoms with E-state index in [0.717, 1.165) is 37.3 Å². The van der Waals surface area contributed by atoms with Crippen LogP contribution in [0.2, 0.25) is 0 Å². The fourth-order valence-electron chi connectivity index (χ4n) is 3.10. The van der Waals surface area contributed by atoms with Crippen molar-refractivity contribution in [2.45, 2.75) is 38.8 Å². The topological polar surface area (TPSA) is 51.9 Å². The minimum Gasteiger partial charge on any atom is -0.316 e. The van der Waals surface area contributed by atoms with Crippen LogP contribution in [0.4, 0.5) is 0 Å². The molecule has 0 amide bonds. The van der Waals surface area contributed by atoms with Crippen molar-refractivity contribution in [2.24, 2.45) is 0 Å². The van der Waals surface area contributed by atoms with E-state index in [1.54, 1.807) is 4.68 Å². The number of aromatic nitrogens is 3. The predicted molar refractivity (Wildman–Crippen MR) is 107 cm³/mol. The van der Waals surface area contributed by atoms with E-state index < -0.39 is 0 Å². The third kappa shape index (κ3) is 5.21. The molecule has 0 saturated carbocycles. The molecule has 2 heterocycles. The number of allylic oxidation sites excluding steroid dienone is 1. The van der Waals surface area contributed by atoms with Crippen molar-refractivity contribution >= 4 is 30.9 Å². The van der Waals surface area contributed by atoms with Gasteiger partial charge in [-0.3, -0.25) is 4.57 Å². The molecule has 0 spiro atoms. The van der Waals surface area contributed by atoms with E-state index in [-0.39, 0.29) is 30.5 Å². The lowest BCUT2D eigenvalue weighted by atomic mass is 9.99. The number of benzene rings is 1. The van der Waals surface area contributed by atoms with E-state index >= 15 is 0 Å². The van der Waals surface area contributed by atoms with Crippen LogP contribution in [-0.2, 0) is 13.1 Å². The summed E-state index contributed by atoms with van der Waals surface area (Å²) in [6.07, 6.45) is 6.26. The van der Waals surface area contributed by atoms with E-state index in [2.05, 4.69) is 10.4 Å². The first-order valence-corrected chi connectivity index (χ1v) is 8.39. The predicted octanol–water partition coefficient (Wildman–Crippen LogP) is 3.09. The molecule has 0 bridgehead atoms. The van der Waals surface area contributed by atoms with Gasteiger partial charge in [0.15, 0.2) is 0 Å². The van der Waals surface area contributed by atoms with Crippen molar-refractivity contribution in [1.82, 2.24) is 19.7 Å². The van der Waals surface area contributed by atoms with Crippen LogP contribution in [0.25, 0.3) is 6.08 Å². The number of hydrogen-bond acceptors (Lipinski definition) is 3. The van der Waals surface area contributed by atoms with Crippen molar-refractivity contribution in [3.8, 4) is 0 Å². The molecule has 5 nitrogen and oxygen atoms in total. The van der Waals surface area contributed by atoms with Gasteiger partial charge in [-0.25, -0.2) is 9.48 Å². The molecule has 1 saturated heterocycles. The lowest BCUT2D eigenvalue weighted by Crippen LogP contribution is -2.31. The van der Waals surface area contributed by atoms with Crippen LogP contribution in [0.15, 0.2) is 41.2 Å². The Kier molecular flexibility index (Phi) is 8.97. The molecule has 2 aromatic rings. The Bertz CT molecular complexity index is 718. The summed E-state index contributed by atoms with van der Waals surface area (Å²) in [5.41, 5.74) is 1.12. The van der Waals surface area contributed by atoms with E-state index in [4.69, 9.17) is 0 Å². The number of piperidine rings is 1. The lowest BCUT2D eigenvalue weighted by molar-refractivity contribution is 0.431. The molecule has 0 radical (unpaired) electrons. The summed E-state index contributed by atoms with van der Waals surface area (Å²) in [4.78, 5) is 12.5. The standard InChI is InChI=1S/C18H24N4O.2ClH/c1-2-21-17(16-11-6-12-19-14-16)20-22(18(21)23)13-7-10-15-8-4-3-5-9-15;;/h3-5,7-10,16,19H,2,6,11-14H2,1H3;2*1H. The van der Waals surface area contributed by atoms with Gasteiger partial charge >= 0.3 is 5.69 Å². The number of hydrogen-bond donors (Lipinski definition) is 1. The number of rotatable bonds is 5. The molecule has 1 N–H and O–H groups in total. The Morgan fingerprint density at radius 3 is 2.68 bits per heavy atom. The Hall–Kier alpha value is -1.56. The zero-order chi connectivity index (χ0) is 16.1. The molecule has 1 unspecified atom stereocenters. The summed E-state index contributed by atoms with van der Waals surface area (Å²) < 4.78 is 3.39. The highest BCUT2D eigenvalue weighted by Gasteiger charge is 2.22. The molecule has 1 aromatic carbocycles. The molecule has 1 aliphatic rings. The van der Waals surface area contributed by atoms with Crippen molar-refractivity contribution in [1.29, 1.82) is 0 Å². The maximum atomic E-state index is 12.5. The van der Waals surface area contributed by atoms with Crippen molar-refractivity contribution in [3.05, 3.63) is 58.3 Å². The van der Waals surface area contributed by atoms with Crippen LogP contribution in [0, 0.1) is 0 Å². The van der Waals surface area contributed by atoms with Crippen LogP contribution in [-0.4, -0.2) is 27.4 Å². The van der Waals surface area contributed by atoms with Gasteiger partial charge in [-0.1, -0.05) is 42.5 Å². The highest BCUT2D eigenvalue weighted by Crippen LogP contribution is 2.20. The average molecular weight is 385 g/mol. The van der Waals surface area contributed by atoms with Gasteiger partial charge in [-0.2, -0.15) is 5.10 Å². The van der Waals surface area contributed by atoms with Crippen LogP contribution in [0.5, 0.6) is 0 Å². The SMILES string of the molecule is CCn1c(C2CCCNC2)nn(CC=Cc2ccccc2)c1=O.Cl.Cl. The Labute approximate surface area is 160 Å². The zero-order valence-electron chi connectivity index (χ0n) is 14.4. The van der Waals surface area contributed by atoms with E-state index in [9.17, 15) is 4.79 Å². The summed E-state index contributed by atoms with van der Waals surface area (Å²) in [5, 5.41) is 8.01. The van der Waals surface area contributed by atoms with Crippen LogP contribution < -0.4 is 11.0 Å². The number of nitrogens with zero attached hydrogens (tertiary/aromatic N) is 3. The smallest absolute Gasteiger partial charge is 0.316 e. The second-order valence-corrected chi connectivity index (χ2v) is 5.92. The monoisotopic (exact) mass is 384 g/mol. The minimum atomic E-state index is -0.00853. The molecule has 1 fully saturated rings. The second-order valence-electron chi connectivity index (χ2n) is 5.92. The molecule has 7 heteroatoms. The quantitative estimate of drug-likeness (QED) is 0.861. The van der Waals surface area contributed by atoms with Crippen LogP contribution in [0.3, 0.4) is 0 Å². The molecule has 1 atom stereocenters. The molecule has 138 valence electrons. The van der Waals surface area contributed by atoms with Gasteiger partial charge in [0.25, 0.3) is 0 Å². The largest absolute Gasteiger partial charge is 0.346 e. The molecular weight excluding hydrogens is 359 g/mol. The second kappa shape index (κ2) is 10.4. The number of halogens is 2. The highest BCUT2D eigenvalue weighted by molar-refractivity contribution is 5.85. The third-order valence-corrected chi connectivity index (χ3v) is 4.32. The average Bonchev–Trinajstić information content (AvgIpc) is 2.93. The van der Waals surface area contributed by atoms with E-state index in [0.29, 0.717) is 19.0 Å². The van der Waals surface area contributed by atoms with Gasteiger partial charge in [0.05, 0.1) is 6.54 Å². The van der Waals surface area contributed by atoms with Gasteiger partial charge in [0.2, 0.25) is 0 Å². The lowest BCUT2D eigenvalue weighted by Gasteiger charge is -2.21. The summed E-state index contributed by atoms with van der Waals surface area (Å²) in [7, 11) is 0. The molecular formula is C18H26Cl2N4O. The van der Waals surface area contributed by atoms with Crippen molar-refractivity contribution in [3.63, 3.8) is 0 Å². The first-order chi connectivity index (χ1) is 11.3. The number of nitrogens with one attached hydrogen (secondary N) is 1. The summed E-state index contributed by atoms with van der Waals surface area (Å²) >= 11 is 0. The van der Waals surface area contributed by atoms with Gasteiger partial charge in [-0.15, -0.1) is 24.8 Å². The third-order valence-electron chi connectivity index (χ3n) is 4.32. The first kappa shape index (κ1) is 21.5. The zero-order valence-corrected chi connectivity index (χ0v) is 16.1. The minimum absolute atomic E-state index is 0. The Morgan fingerprint density at radius 2 is 2.04 bits per heavy atom. The highest BCUT2D eigenvalue weighted by atomic mass is 35.5. The van der Waals surface area contributed by atoms with Gasteiger partial charge in [-0.05, 0) is 31.9 Å². The summed E-state index contributed by atoms with van der Waals surface area (Å²) in [6.45, 7) is 5.16. The molecule has 1 aliphatic heterocycles. The summed E-state index contributed by atoms with van der Waals surface area (Å²) in [6, 6.07) is 10.1. The van der Waals surface area contributed by atoms with E-state index in [1.807, 2.05) is 54.0 Å². The van der Waals surface area contributed by atoms with Crippen molar-refractivity contribution < 1.29 is 0 Å². The fraction of sp³-hybridized carbons (Fsp3) is 0.444. The van der Waals surface area contributed by atoms with Crippen LogP contribution in [0.1, 0.15) is 37.1 Å². The summed E-state index contributed by atoms with van der Waals surface area (Å²) in [5.74, 6) is 1.27. The maximum absolute atomic E-state index is 12.5.